The Labute approximate surface area is 79.3 Å². The van der Waals surface area contributed by atoms with E-state index in [0.29, 0.717) is 11.5 Å². The van der Waals surface area contributed by atoms with E-state index in [0.717, 1.165) is 0 Å². The van der Waals surface area contributed by atoms with E-state index >= 15 is 0 Å². The molecule has 0 rings (SSSR count). The summed E-state index contributed by atoms with van der Waals surface area (Å²) >= 11 is 0. The van der Waals surface area contributed by atoms with Crippen molar-refractivity contribution in [1.29, 1.82) is 0 Å². The summed E-state index contributed by atoms with van der Waals surface area (Å²) in [6, 6.07) is 0. The van der Waals surface area contributed by atoms with Crippen LogP contribution in [0.2, 0.25) is 0 Å². The van der Waals surface area contributed by atoms with Gasteiger partial charge in [-0.05, 0) is 26.8 Å². The summed E-state index contributed by atoms with van der Waals surface area (Å²) in [5.74, 6) is 0.582. The van der Waals surface area contributed by atoms with E-state index in [2.05, 4.69) is 21.6 Å². The van der Waals surface area contributed by atoms with Gasteiger partial charge in [0.05, 0.1) is 0 Å². The standard InChI is InChI=1S/C10H15N3/c1-5-9(11-6-2)10(12-7-3)13-8-4/h5-8H,1H2,2-4H3. The second kappa shape index (κ2) is 7.16. The van der Waals surface area contributed by atoms with Gasteiger partial charge in [-0.2, -0.15) is 0 Å². The summed E-state index contributed by atoms with van der Waals surface area (Å²) in [4.78, 5) is 12.2. The summed E-state index contributed by atoms with van der Waals surface area (Å²) in [6.45, 7) is 9.16. The molecule has 0 spiro atoms. The molecule has 0 amide bonds. The molecule has 0 aromatic rings. The van der Waals surface area contributed by atoms with Crippen molar-refractivity contribution in [1.82, 2.24) is 0 Å². The highest BCUT2D eigenvalue weighted by Crippen LogP contribution is 2.09. The number of hydrogen-bond acceptors (Lipinski definition) is 3. The molecule has 0 radical (unpaired) electrons. The van der Waals surface area contributed by atoms with Crippen molar-refractivity contribution in [2.45, 2.75) is 20.8 Å². The maximum absolute atomic E-state index is 4.09. The van der Waals surface area contributed by atoms with E-state index in [1.54, 1.807) is 24.7 Å². The fraction of sp³-hybridized carbons (Fsp3) is 0.300. The molecule has 0 aromatic carbocycles. The highest BCUT2D eigenvalue weighted by atomic mass is 15.0. The second-order valence-corrected chi connectivity index (χ2v) is 2.07. The summed E-state index contributed by atoms with van der Waals surface area (Å²) in [5, 5.41) is 0. The Bertz CT molecular complexity index is 256. The van der Waals surface area contributed by atoms with Crippen molar-refractivity contribution in [2.24, 2.45) is 15.0 Å². The molecular formula is C10H15N3. The van der Waals surface area contributed by atoms with Crippen LogP contribution < -0.4 is 0 Å². The minimum Gasteiger partial charge on any atom is -0.258 e. The first-order chi connectivity index (χ1) is 6.29. The molecule has 0 atom stereocenters. The Morgan fingerprint density at radius 3 is 1.69 bits per heavy atom. The van der Waals surface area contributed by atoms with Crippen LogP contribution in [0.5, 0.6) is 0 Å². The lowest BCUT2D eigenvalue weighted by Crippen LogP contribution is -1.82. The van der Waals surface area contributed by atoms with Crippen molar-refractivity contribution >= 4 is 18.6 Å². The molecule has 0 aromatic heterocycles. The van der Waals surface area contributed by atoms with Gasteiger partial charge in [-0.1, -0.05) is 6.58 Å². The largest absolute Gasteiger partial charge is 0.258 e. The molecule has 0 N–H and O–H groups in total. The van der Waals surface area contributed by atoms with E-state index in [1.807, 2.05) is 20.8 Å². The first kappa shape index (κ1) is 11.5. The molecule has 0 aliphatic heterocycles. The summed E-state index contributed by atoms with van der Waals surface area (Å²) in [7, 11) is 0. The third-order valence-corrected chi connectivity index (χ3v) is 1.19. The van der Waals surface area contributed by atoms with Crippen LogP contribution in [0.1, 0.15) is 20.8 Å². The van der Waals surface area contributed by atoms with E-state index in [-0.39, 0.29) is 0 Å². The van der Waals surface area contributed by atoms with Crippen LogP contribution in [-0.2, 0) is 0 Å². The quantitative estimate of drug-likeness (QED) is 0.467. The normalized spacial score (nSPS) is 11.6. The fourth-order valence-corrected chi connectivity index (χ4v) is 0.751. The van der Waals surface area contributed by atoms with Crippen LogP contribution in [0.3, 0.4) is 0 Å². The molecule has 0 fully saturated rings. The zero-order chi connectivity index (χ0) is 10.1. The number of hydrogen-bond donors (Lipinski definition) is 0. The van der Waals surface area contributed by atoms with E-state index in [9.17, 15) is 0 Å². The molecule has 3 heteroatoms. The van der Waals surface area contributed by atoms with E-state index in [1.165, 1.54) is 0 Å². The van der Waals surface area contributed by atoms with Crippen molar-refractivity contribution in [3.63, 3.8) is 0 Å². The van der Waals surface area contributed by atoms with E-state index < -0.39 is 0 Å². The minimum atomic E-state index is 0.582. The summed E-state index contributed by atoms with van der Waals surface area (Å²) < 4.78 is 0. The molecule has 13 heavy (non-hydrogen) atoms. The van der Waals surface area contributed by atoms with Crippen molar-refractivity contribution in [2.75, 3.05) is 0 Å². The van der Waals surface area contributed by atoms with Gasteiger partial charge >= 0.3 is 0 Å². The first-order valence-corrected chi connectivity index (χ1v) is 4.12. The number of nitrogens with zero attached hydrogens (tertiary/aromatic N) is 3. The molecule has 0 heterocycles. The van der Waals surface area contributed by atoms with Gasteiger partial charge in [0.15, 0.2) is 5.82 Å². The highest BCUT2D eigenvalue weighted by Gasteiger charge is 1.95. The van der Waals surface area contributed by atoms with Crippen LogP contribution in [0, 0.1) is 0 Å². The van der Waals surface area contributed by atoms with Gasteiger partial charge in [-0.3, -0.25) is 4.99 Å². The molecule has 0 saturated carbocycles. The summed E-state index contributed by atoms with van der Waals surface area (Å²) in [5.41, 5.74) is 0.679. The van der Waals surface area contributed by atoms with Crippen molar-refractivity contribution in [3.8, 4) is 0 Å². The average molecular weight is 177 g/mol. The Morgan fingerprint density at radius 1 is 0.923 bits per heavy atom. The van der Waals surface area contributed by atoms with Crippen LogP contribution in [0.4, 0.5) is 0 Å². The Morgan fingerprint density at radius 2 is 1.38 bits per heavy atom. The molecule has 0 aliphatic rings. The minimum absolute atomic E-state index is 0.582. The SMILES string of the molecule is C=CC(N=CC)=C(N=CC)N=CC. The third-order valence-electron chi connectivity index (χ3n) is 1.19. The van der Waals surface area contributed by atoms with Crippen LogP contribution in [0.25, 0.3) is 0 Å². The second-order valence-electron chi connectivity index (χ2n) is 2.07. The van der Waals surface area contributed by atoms with Gasteiger partial charge in [0.2, 0.25) is 0 Å². The van der Waals surface area contributed by atoms with E-state index in [4.69, 9.17) is 0 Å². The Balaban J connectivity index is 5.10. The van der Waals surface area contributed by atoms with Crippen LogP contribution >= 0.6 is 0 Å². The zero-order valence-electron chi connectivity index (χ0n) is 8.36. The lowest BCUT2D eigenvalue weighted by Gasteiger charge is -1.96. The molecule has 0 saturated heterocycles. The number of aliphatic imine (C=N–C) groups is 3. The molecule has 0 unspecified atom stereocenters. The molecular weight excluding hydrogens is 162 g/mol. The van der Waals surface area contributed by atoms with Gasteiger partial charge in [0.1, 0.15) is 5.70 Å². The lowest BCUT2D eigenvalue weighted by atomic mass is 10.4. The van der Waals surface area contributed by atoms with Gasteiger partial charge < -0.3 is 0 Å². The van der Waals surface area contributed by atoms with Gasteiger partial charge in [-0.15, -0.1) is 0 Å². The van der Waals surface area contributed by atoms with Gasteiger partial charge in [0, 0.05) is 18.6 Å². The Hall–Kier alpha value is -1.51. The molecule has 0 bridgehead atoms. The van der Waals surface area contributed by atoms with Gasteiger partial charge in [-0.25, -0.2) is 9.98 Å². The topological polar surface area (TPSA) is 37.1 Å². The van der Waals surface area contributed by atoms with Gasteiger partial charge in [0.25, 0.3) is 0 Å². The summed E-state index contributed by atoms with van der Waals surface area (Å²) in [6.07, 6.45) is 6.68. The lowest BCUT2D eigenvalue weighted by molar-refractivity contribution is 1.17. The molecule has 3 nitrogen and oxygen atoms in total. The van der Waals surface area contributed by atoms with Crippen LogP contribution in [0.15, 0.2) is 39.2 Å². The number of allylic oxidation sites excluding steroid dienone is 1. The van der Waals surface area contributed by atoms with Crippen LogP contribution in [-0.4, -0.2) is 18.6 Å². The zero-order valence-corrected chi connectivity index (χ0v) is 8.36. The average Bonchev–Trinajstić information content (AvgIpc) is 2.14. The highest BCUT2D eigenvalue weighted by molar-refractivity contribution is 5.61. The predicted molar refractivity (Wildman–Crippen MR) is 59.7 cm³/mol. The first-order valence-electron chi connectivity index (χ1n) is 4.12. The van der Waals surface area contributed by atoms with Crippen molar-refractivity contribution < 1.29 is 0 Å². The smallest absolute Gasteiger partial charge is 0.177 e. The fourth-order valence-electron chi connectivity index (χ4n) is 0.751. The number of rotatable bonds is 4. The molecule has 70 valence electrons. The van der Waals surface area contributed by atoms with Crippen molar-refractivity contribution in [3.05, 3.63) is 24.2 Å². The Kier molecular flexibility index (Phi) is 6.32. The maximum Gasteiger partial charge on any atom is 0.177 e. The molecule has 0 aliphatic carbocycles. The monoisotopic (exact) mass is 177 g/mol. The predicted octanol–water partition coefficient (Wildman–Crippen LogP) is 2.61. The third kappa shape index (κ3) is 4.15. The maximum atomic E-state index is 4.09.